The highest BCUT2D eigenvalue weighted by atomic mass is 16.5. The monoisotopic (exact) mass is 369 g/mol. The van der Waals surface area contributed by atoms with Gasteiger partial charge in [0, 0.05) is 11.3 Å². The van der Waals surface area contributed by atoms with Crippen LogP contribution in [0.3, 0.4) is 0 Å². The summed E-state index contributed by atoms with van der Waals surface area (Å²) in [6.07, 6.45) is 3.16. The molecule has 0 bridgehead atoms. The second kappa shape index (κ2) is 8.07. The summed E-state index contributed by atoms with van der Waals surface area (Å²) in [5.74, 6) is -0.279. The van der Waals surface area contributed by atoms with Crippen LogP contribution in [0.1, 0.15) is 64.2 Å². The van der Waals surface area contributed by atoms with Gasteiger partial charge in [-0.15, -0.1) is 0 Å². The maximum absolute atomic E-state index is 12.6. The van der Waals surface area contributed by atoms with Crippen LogP contribution < -0.4 is 21.3 Å². The normalized spacial score (nSPS) is 15.7. The molecule has 0 saturated heterocycles. The van der Waals surface area contributed by atoms with E-state index >= 15 is 0 Å². The van der Waals surface area contributed by atoms with E-state index in [9.17, 15) is 14.4 Å². The van der Waals surface area contributed by atoms with Crippen LogP contribution in [-0.4, -0.2) is 23.4 Å². The number of carbonyl (C=O) groups is 2. The summed E-state index contributed by atoms with van der Waals surface area (Å²) in [6.45, 7) is 2.66. The van der Waals surface area contributed by atoms with Crippen molar-refractivity contribution in [1.29, 1.82) is 0 Å². The van der Waals surface area contributed by atoms with E-state index in [4.69, 9.17) is 10.5 Å². The first-order valence-electron chi connectivity index (χ1n) is 9.09. The number of nitrogens with two attached hydrogens (primary N) is 1. The fourth-order valence-electron chi connectivity index (χ4n) is 3.24. The number of primary amides is 1. The van der Waals surface area contributed by atoms with Crippen molar-refractivity contribution in [1.82, 2.24) is 10.3 Å². The van der Waals surface area contributed by atoms with Crippen LogP contribution in [0.4, 0.5) is 0 Å². The van der Waals surface area contributed by atoms with Crippen molar-refractivity contribution in [3.05, 3.63) is 63.1 Å². The summed E-state index contributed by atoms with van der Waals surface area (Å²) in [5, 5.41) is 2.99. The number of H-pyrrole nitrogens is 1. The number of hydrogen-bond acceptors (Lipinski definition) is 4. The van der Waals surface area contributed by atoms with E-state index in [0.717, 1.165) is 36.3 Å². The van der Waals surface area contributed by atoms with Crippen molar-refractivity contribution in [2.45, 2.75) is 38.6 Å². The molecule has 3 rings (SSSR count). The van der Waals surface area contributed by atoms with Gasteiger partial charge in [-0.05, 0) is 61.6 Å². The van der Waals surface area contributed by atoms with Crippen molar-refractivity contribution in [3.63, 3.8) is 0 Å². The lowest BCUT2D eigenvalue weighted by molar-refractivity contribution is 0.0932. The molecular formula is C20H23N3O4. The molecule has 1 aromatic heterocycles. The van der Waals surface area contributed by atoms with Crippen molar-refractivity contribution in [3.8, 4) is 5.75 Å². The van der Waals surface area contributed by atoms with Crippen molar-refractivity contribution in [2.24, 2.45) is 5.73 Å². The Hall–Kier alpha value is -3.09. The molecule has 142 valence electrons. The number of benzene rings is 1. The molecule has 4 N–H and O–H groups in total. The molecule has 1 aliphatic rings. The number of aryl methyl sites for hydroxylation is 1. The molecule has 0 saturated carbocycles. The Morgan fingerprint density at radius 3 is 2.70 bits per heavy atom. The lowest BCUT2D eigenvalue weighted by atomic mass is 9.90. The van der Waals surface area contributed by atoms with Crippen LogP contribution in [0.25, 0.3) is 0 Å². The highest BCUT2D eigenvalue weighted by Gasteiger charge is 2.25. The van der Waals surface area contributed by atoms with Crippen LogP contribution in [0, 0.1) is 0 Å². The number of fused-ring (bicyclic) bond motifs is 1. The molecule has 1 heterocycles. The highest BCUT2D eigenvalue weighted by Crippen LogP contribution is 2.28. The standard InChI is InChI=1S/C20H23N3O4/c1-2-10-27-13-8-6-12(7-9-13)19(25)22-16-4-3-5-17-14(16)11-15(18(21)24)20(26)23-17/h6-9,11,16H,2-5,10H2,1H3,(H2,21,24)(H,22,25)(H,23,26). The van der Waals surface area contributed by atoms with Crippen LogP contribution in [0.15, 0.2) is 35.1 Å². The summed E-state index contributed by atoms with van der Waals surface area (Å²) < 4.78 is 5.52. The van der Waals surface area contributed by atoms with Gasteiger partial charge in [-0.2, -0.15) is 0 Å². The third kappa shape index (κ3) is 4.19. The van der Waals surface area contributed by atoms with Gasteiger partial charge in [0.25, 0.3) is 17.4 Å². The van der Waals surface area contributed by atoms with Gasteiger partial charge in [0.05, 0.1) is 12.6 Å². The third-order valence-corrected chi connectivity index (χ3v) is 4.61. The van der Waals surface area contributed by atoms with Gasteiger partial charge >= 0.3 is 0 Å². The SMILES string of the molecule is CCCOc1ccc(C(=O)NC2CCCc3[nH]c(=O)c(C(N)=O)cc32)cc1. The molecule has 0 spiro atoms. The third-order valence-electron chi connectivity index (χ3n) is 4.61. The van der Waals surface area contributed by atoms with Gasteiger partial charge in [0.2, 0.25) is 0 Å². The van der Waals surface area contributed by atoms with E-state index < -0.39 is 11.5 Å². The zero-order chi connectivity index (χ0) is 19.4. The minimum Gasteiger partial charge on any atom is -0.494 e. The molecule has 0 fully saturated rings. The topological polar surface area (TPSA) is 114 Å². The molecule has 7 nitrogen and oxygen atoms in total. The summed E-state index contributed by atoms with van der Waals surface area (Å²) in [6, 6.07) is 8.18. The second-order valence-corrected chi connectivity index (χ2v) is 6.60. The molecule has 0 radical (unpaired) electrons. The van der Waals surface area contributed by atoms with Gasteiger partial charge in [0.15, 0.2) is 0 Å². The molecule has 27 heavy (non-hydrogen) atoms. The Labute approximate surface area is 156 Å². The first-order valence-corrected chi connectivity index (χ1v) is 9.09. The first-order chi connectivity index (χ1) is 13.0. The van der Waals surface area contributed by atoms with Crippen molar-refractivity contribution in [2.75, 3.05) is 6.61 Å². The average Bonchev–Trinajstić information content (AvgIpc) is 2.66. The minimum absolute atomic E-state index is 0.0904. The maximum atomic E-state index is 12.6. The number of ether oxygens (including phenoxy) is 1. The van der Waals surface area contributed by atoms with Crippen LogP contribution in [0.2, 0.25) is 0 Å². The van der Waals surface area contributed by atoms with E-state index in [1.807, 2.05) is 6.92 Å². The molecule has 1 atom stereocenters. The van der Waals surface area contributed by atoms with Crippen LogP contribution >= 0.6 is 0 Å². The molecule has 2 amide bonds. The van der Waals surface area contributed by atoms with E-state index in [0.29, 0.717) is 18.6 Å². The predicted molar refractivity (Wildman–Crippen MR) is 101 cm³/mol. The smallest absolute Gasteiger partial charge is 0.261 e. The summed E-state index contributed by atoms with van der Waals surface area (Å²) in [5.41, 5.74) is 6.70. The van der Waals surface area contributed by atoms with Gasteiger partial charge < -0.3 is 20.8 Å². The van der Waals surface area contributed by atoms with E-state index in [-0.39, 0.29) is 17.5 Å². The first kappa shape index (κ1) is 18.7. The van der Waals surface area contributed by atoms with E-state index in [1.165, 1.54) is 6.07 Å². The number of amides is 2. The Morgan fingerprint density at radius 2 is 2.04 bits per heavy atom. The van der Waals surface area contributed by atoms with Gasteiger partial charge in [-0.1, -0.05) is 6.92 Å². The van der Waals surface area contributed by atoms with E-state index in [2.05, 4.69) is 10.3 Å². The van der Waals surface area contributed by atoms with Crippen molar-refractivity contribution >= 4 is 11.8 Å². The molecule has 1 aliphatic carbocycles. The Balaban J connectivity index is 1.79. The van der Waals surface area contributed by atoms with Gasteiger partial charge in [-0.25, -0.2) is 0 Å². The summed E-state index contributed by atoms with van der Waals surface area (Å²) >= 11 is 0. The predicted octanol–water partition coefficient (Wildman–Crippen LogP) is 2.07. The van der Waals surface area contributed by atoms with Gasteiger partial charge in [0.1, 0.15) is 11.3 Å². The second-order valence-electron chi connectivity index (χ2n) is 6.60. The maximum Gasteiger partial charge on any atom is 0.261 e. The Kier molecular flexibility index (Phi) is 5.59. The zero-order valence-electron chi connectivity index (χ0n) is 15.2. The highest BCUT2D eigenvalue weighted by molar-refractivity contribution is 5.95. The largest absolute Gasteiger partial charge is 0.494 e. The number of carbonyl (C=O) groups excluding carboxylic acids is 2. The van der Waals surface area contributed by atoms with Gasteiger partial charge in [-0.3, -0.25) is 14.4 Å². The number of aromatic nitrogens is 1. The average molecular weight is 369 g/mol. The number of hydrogen-bond donors (Lipinski definition) is 3. The fraction of sp³-hybridized carbons (Fsp3) is 0.350. The van der Waals surface area contributed by atoms with Crippen LogP contribution in [0.5, 0.6) is 5.75 Å². The summed E-state index contributed by atoms with van der Waals surface area (Å²) in [4.78, 5) is 38.7. The Morgan fingerprint density at radius 1 is 1.30 bits per heavy atom. The van der Waals surface area contributed by atoms with Crippen molar-refractivity contribution < 1.29 is 14.3 Å². The van der Waals surface area contributed by atoms with Crippen LogP contribution in [-0.2, 0) is 6.42 Å². The minimum atomic E-state index is -0.780. The summed E-state index contributed by atoms with van der Waals surface area (Å²) in [7, 11) is 0. The molecular weight excluding hydrogens is 346 g/mol. The molecule has 1 aromatic carbocycles. The number of nitrogens with one attached hydrogen (secondary N) is 2. The lowest BCUT2D eigenvalue weighted by Crippen LogP contribution is -2.34. The quantitative estimate of drug-likeness (QED) is 0.723. The zero-order valence-corrected chi connectivity index (χ0v) is 15.2. The molecule has 0 aliphatic heterocycles. The molecule has 7 heteroatoms. The van der Waals surface area contributed by atoms with E-state index in [1.54, 1.807) is 24.3 Å². The Bertz CT molecular complexity index is 902. The molecule has 1 unspecified atom stereocenters. The number of pyridine rings is 1. The molecule has 2 aromatic rings. The fourth-order valence-corrected chi connectivity index (χ4v) is 3.24. The number of aromatic amines is 1. The lowest BCUT2D eigenvalue weighted by Gasteiger charge is -2.26. The number of rotatable bonds is 6.